The zero-order valence-electron chi connectivity index (χ0n) is 18.2. The maximum atomic E-state index is 13.1. The molecule has 1 amide bonds. The Labute approximate surface area is 195 Å². The summed E-state index contributed by atoms with van der Waals surface area (Å²) in [5, 5.41) is 8.05. The Morgan fingerprint density at radius 2 is 2.00 bits per heavy atom. The number of anilines is 1. The molecule has 0 aliphatic heterocycles. The number of ether oxygens (including phenoxy) is 1. The maximum Gasteiger partial charge on any atom is 0.325 e. The minimum atomic E-state index is -0.363. The summed E-state index contributed by atoms with van der Waals surface area (Å²) in [7, 11) is 0. The van der Waals surface area contributed by atoms with Gasteiger partial charge < -0.3 is 21.1 Å². The van der Waals surface area contributed by atoms with Gasteiger partial charge in [-0.3, -0.25) is 14.0 Å². The second-order valence-corrected chi connectivity index (χ2v) is 8.21. The van der Waals surface area contributed by atoms with Crippen molar-refractivity contribution in [3.63, 3.8) is 0 Å². The number of aromatic nitrogens is 2. The number of carbonyl (C=O) groups excluding carboxylic acids is 2. The van der Waals surface area contributed by atoms with E-state index in [0.29, 0.717) is 42.4 Å². The Kier molecular flexibility index (Phi) is 7.01. The van der Waals surface area contributed by atoms with Gasteiger partial charge in [-0.15, -0.1) is 11.3 Å². The van der Waals surface area contributed by atoms with Crippen molar-refractivity contribution < 1.29 is 14.3 Å². The van der Waals surface area contributed by atoms with Crippen LogP contribution in [0.2, 0.25) is 0 Å². The lowest BCUT2D eigenvalue weighted by atomic mass is 10.1. The highest BCUT2D eigenvalue weighted by atomic mass is 32.1. The molecule has 0 aliphatic carbocycles. The summed E-state index contributed by atoms with van der Waals surface area (Å²) in [4.78, 5) is 30.7. The van der Waals surface area contributed by atoms with E-state index >= 15 is 0 Å². The largest absolute Gasteiger partial charge is 0.465 e. The first-order valence-electron chi connectivity index (χ1n) is 10.6. The molecule has 0 aliphatic rings. The van der Waals surface area contributed by atoms with Crippen LogP contribution in [-0.4, -0.2) is 34.4 Å². The second kappa shape index (κ2) is 10.3. The summed E-state index contributed by atoms with van der Waals surface area (Å²) in [5.41, 5.74) is 9.30. The number of esters is 1. The number of thiophene rings is 1. The Hall–Kier alpha value is -3.69. The molecule has 3 heterocycles. The van der Waals surface area contributed by atoms with Crippen LogP contribution >= 0.6 is 11.3 Å². The van der Waals surface area contributed by atoms with Gasteiger partial charge in [-0.1, -0.05) is 30.3 Å². The quantitative estimate of drug-likeness (QED) is 0.328. The van der Waals surface area contributed by atoms with E-state index in [4.69, 9.17) is 15.5 Å². The van der Waals surface area contributed by atoms with Gasteiger partial charge in [0.05, 0.1) is 17.0 Å². The van der Waals surface area contributed by atoms with E-state index in [2.05, 4.69) is 10.6 Å². The van der Waals surface area contributed by atoms with Crippen LogP contribution in [0.1, 0.15) is 28.4 Å². The van der Waals surface area contributed by atoms with Gasteiger partial charge in [0.2, 0.25) is 0 Å². The number of pyridine rings is 1. The van der Waals surface area contributed by atoms with Gasteiger partial charge in [-0.2, -0.15) is 0 Å². The summed E-state index contributed by atoms with van der Waals surface area (Å²) in [6, 6.07) is 15.2. The molecule has 0 saturated heterocycles. The predicted molar refractivity (Wildman–Crippen MR) is 129 cm³/mol. The monoisotopic (exact) mass is 463 g/mol. The van der Waals surface area contributed by atoms with Crippen LogP contribution < -0.4 is 16.4 Å². The van der Waals surface area contributed by atoms with E-state index in [1.165, 1.54) is 11.3 Å². The van der Waals surface area contributed by atoms with Crippen LogP contribution in [0.15, 0.2) is 60.1 Å². The molecular weight excluding hydrogens is 438 g/mol. The van der Waals surface area contributed by atoms with Crippen molar-refractivity contribution in [3.8, 4) is 10.6 Å². The number of nitrogens with one attached hydrogen (secondary N) is 2. The molecule has 0 bridgehead atoms. The Morgan fingerprint density at radius 1 is 1.15 bits per heavy atom. The summed E-state index contributed by atoms with van der Waals surface area (Å²) in [6.45, 7) is 2.89. The first kappa shape index (κ1) is 22.5. The number of fused-ring (bicyclic) bond motifs is 1. The number of nitrogens with zero attached hydrogens (tertiary/aromatic N) is 2. The third kappa shape index (κ3) is 5.05. The highest BCUT2D eigenvalue weighted by Crippen LogP contribution is 2.32. The van der Waals surface area contributed by atoms with Crippen LogP contribution in [-0.2, 0) is 22.6 Å². The normalized spacial score (nSPS) is 10.8. The number of imidazole rings is 1. The van der Waals surface area contributed by atoms with Gasteiger partial charge >= 0.3 is 5.97 Å². The van der Waals surface area contributed by atoms with E-state index in [0.717, 1.165) is 16.0 Å². The highest BCUT2D eigenvalue weighted by Gasteiger charge is 2.20. The van der Waals surface area contributed by atoms with Gasteiger partial charge in [0.1, 0.15) is 18.1 Å². The van der Waals surface area contributed by atoms with Gasteiger partial charge in [0, 0.05) is 19.3 Å². The fourth-order valence-corrected chi connectivity index (χ4v) is 4.23. The summed E-state index contributed by atoms with van der Waals surface area (Å²) in [6.07, 6.45) is 1.81. The molecule has 1 aromatic carbocycles. The Bertz CT molecular complexity index is 1270. The number of benzene rings is 1. The second-order valence-electron chi connectivity index (χ2n) is 7.27. The molecule has 9 heteroatoms. The molecule has 0 atom stereocenters. The maximum absolute atomic E-state index is 13.1. The fourth-order valence-electron chi connectivity index (χ4n) is 3.51. The van der Waals surface area contributed by atoms with Crippen molar-refractivity contribution >= 4 is 34.7 Å². The van der Waals surface area contributed by atoms with Crippen LogP contribution in [0, 0.1) is 0 Å². The van der Waals surface area contributed by atoms with Gasteiger partial charge in [0.15, 0.2) is 5.65 Å². The minimum absolute atomic E-state index is 0.00604. The summed E-state index contributed by atoms with van der Waals surface area (Å²) in [5.74, 6) is 0.0300. The van der Waals surface area contributed by atoms with Gasteiger partial charge in [-0.25, -0.2) is 4.98 Å². The number of amides is 1. The first-order valence-corrected chi connectivity index (χ1v) is 11.5. The zero-order valence-corrected chi connectivity index (χ0v) is 19.0. The molecule has 3 aromatic heterocycles. The van der Waals surface area contributed by atoms with Crippen molar-refractivity contribution in [2.75, 3.05) is 18.5 Å². The molecule has 0 saturated carbocycles. The highest BCUT2D eigenvalue weighted by molar-refractivity contribution is 7.13. The van der Waals surface area contributed by atoms with E-state index in [9.17, 15) is 9.59 Å². The molecular formula is C24H25N5O3S. The number of nitrogens with two attached hydrogens (primary N) is 1. The van der Waals surface area contributed by atoms with E-state index in [1.807, 2.05) is 48.0 Å². The lowest BCUT2D eigenvalue weighted by Crippen LogP contribution is -2.23. The van der Waals surface area contributed by atoms with Crippen molar-refractivity contribution in [2.45, 2.75) is 20.0 Å². The molecule has 170 valence electrons. The van der Waals surface area contributed by atoms with Crippen LogP contribution in [0.25, 0.3) is 16.2 Å². The van der Waals surface area contributed by atoms with Crippen LogP contribution in [0.4, 0.5) is 5.82 Å². The van der Waals surface area contributed by atoms with Crippen molar-refractivity contribution in [3.05, 3.63) is 76.8 Å². The predicted octanol–water partition coefficient (Wildman–Crippen LogP) is 3.43. The van der Waals surface area contributed by atoms with Gasteiger partial charge in [0.25, 0.3) is 5.91 Å². The zero-order chi connectivity index (χ0) is 23.2. The van der Waals surface area contributed by atoms with E-state index in [-0.39, 0.29) is 18.4 Å². The lowest BCUT2D eigenvalue weighted by Gasteiger charge is -2.09. The molecule has 4 N–H and O–H groups in total. The number of hydrogen-bond acceptors (Lipinski definition) is 7. The molecule has 0 unspecified atom stereocenters. The standard InChI is InChI=1S/C24H25N5O3S/c1-2-32-20(30)15-26-23-21(19-9-5-11-33-19)28-22-18(8-4-10-29(22)23)24(31)27-14-17-7-3-6-16(12-17)13-25/h3-12,26H,2,13-15,25H2,1H3,(H,27,31). The molecule has 0 spiro atoms. The van der Waals surface area contributed by atoms with Crippen LogP contribution in [0.5, 0.6) is 0 Å². The fraction of sp³-hybridized carbons (Fsp3) is 0.208. The smallest absolute Gasteiger partial charge is 0.325 e. The SMILES string of the molecule is CCOC(=O)CNc1c(-c2cccs2)nc2c(C(=O)NCc3cccc(CN)c3)cccn12. The molecule has 4 aromatic rings. The molecule has 4 rings (SSSR count). The van der Waals surface area contributed by atoms with Gasteiger partial charge in [-0.05, 0) is 41.6 Å². The van der Waals surface area contributed by atoms with Crippen molar-refractivity contribution in [1.29, 1.82) is 0 Å². The summed E-state index contributed by atoms with van der Waals surface area (Å²) >= 11 is 1.53. The minimum Gasteiger partial charge on any atom is -0.465 e. The Balaban J connectivity index is 1.64. The summed E-state index contributed by atoms with van der Waals surface area (Å²) < 4.78 is 6.82. The molecule has 8 nitrogen and oxygen atoms in total. The molecule has 0 radical (unpaired) electrons. The first-order chi connectivity index (χ1) is 16.1. The topological polar surface area (TPSA) is 111 Å². The number of rotatable bonds is 9. The number of hydrogen-bond donors (Lipinski definition) is 3. The third-order valence-corrected chi connectivity index (χ3v) is 5.91. The van der Waals surface area contributed by atoms with E-state index in [1.54, 1.807) is 23.5 Å². The Morgan fingerprint density at radius 3 is 2.76 bits per heavy atom. The third-order valence-electron chi connectivity index (χ3n) is 5.03. The average Bonchev–Trinajstić information content (AvgIpc) is 3.49. The lowest BCUT2D eigenvalue weighted by molar-refractivity contribution is -0.140. The van der Waals surface area contributed by atoms with Crippen molar-refractivity contribution in [1.82, 2.24) is 14.7 Å². The van der Waals surface area contributed by atoms with E-state index < -0.39 is 0 Å². The number of carbonyl (C=O) groups is 2. The molecule has 33 heavy (non-hydrogen) atoms. The van der Waals surface area contributed by atoms with Crippen molar-refractivity contribution in [2.24, 2.45) is 5.73 Å². The molecule has 0 fully saturated rings. The van der Waals surface area contributed by atoms with Crippen LogP contribution in [0.3, 0.4) is 0 Å². The average molecular weight is 464 g/mol.